The maximum absolute atomic E-state index is 12.1. The zero-order chi connectivity index (χ0) is 12.8. The molecule has 1 aliphatic heterocycles. The van der Waals surface area contributed by atoms with Crippen molar-refractivity contribution in [2.45, 2.75) is 31.7 Å². The maximum atomic E-state index is 12.1. The molecule has 0 spiro atoms. The van der Waals surface area contributed by atoms with E-state index in [9.17, 15) is 4.79 Å². The van der Waals surface area contributed by atoms with E-state index in [0.29, 0.717) is 0 Å². The molecule has 98 valence electrons. The number of likely N-dealkylation sites (N-methyl/N-ethyl adjacent to an activating group) is 1. The van der Waals surface area contributed by atoms with Crippen molar-refractivity contribution in [1.29, 1.82) is 0 Å². The van der Waals surface area contributed by atoms with Crippen molar-refractivity contribution >= 4 is 5.91 Å². The van der Waals surface area contributed by atoms with Gasteiger partial charge in [0.05, 0.1) is 6.04 Å². The Kier molecular flexibility index (Phi) is 4.76. The molecule has 1 fully saturated rings. The largest absolute Gasteiger partial charge is 0.344 e. The molecular formula is C15H22N2O. The van der Waals surface area contributed by atoms with E-state index in [0.717, 1.165) is 38.8 Å². The lowest BCUT2D eigenvalue weighted by atomic mass is 10.1. The van der Waals surface area contributed by atoms with Gasteiger partial charge in [-0.2, -0.15) is 0 Å². The Labute approximate surface area is 109 Å². The first-order valence-electron chi connectivity index (χ1n) is 6.79. The number of nitrogens with zero attached hydrogens (tertiary/aromatic N) is 1. The Morgan fingerprint density at radius 1 is 1.39 bits per heavy atom. The molecular weight excluding hydrogens is 224 g/mol. The Morgan fingerprint density at radius 2 is 2.17 bits per heavy atom. The highest BCUT2D eigenvalue weighted by molar-refractivity contribution is 5.81. The smallest absolute Gasteiger partial charge is 0.239 e. The standard InChI is InChI=1S/C15H22N2O/c1-17(15(18)14-10-5-11-16-14)12-6-9-13-7-3-2-4-8-13/h2-4,7-8,14,16H,5-6,9-12H2,1H3/t14-/m1/s1. The van der Waals surface area contributed by atoms with Crippen molar-refractivity contribution in [1.82, 2.24) is 10.2 Å². The van der Waals surface area contributed by atoms with E-state index in [2.05, 4.69) is 29.6 Å². The first kappa shape index (κ1) is 13.1. The molecule has 1 aliphatic rings. The van der Waals surface area contributed by atoms with Gasteiger partial charge in [0, 0.05) is 13.6 Å². The summed E-state index contributed by atoms with van der Waals surface area (Å²) in [6, 6.07) is 10.5. The summed E-state index contributed by atoms with van der Waals surface area (Å²) in [6.07, 6.45) is 4.17. The number of hydrogen-bond acceptors (Lipinski definition) is 2. The third-order valence-corrected chi connectivity index (χ3v) is 3.54. The van der Waals surface area contributed by atoms with Crippen molar-refractivity contribution in [2.24, 2.45) is 0 Å². The van der Waals surface area contributed by atoms with Crippen molar-refractivity contribution in [3.8, 4) is 0 Å². The molecule has 1 amide bonds. The lowest BCUT2D eigenvalue weighted by Gasteiger charge is -2.21. The highest BCUT2D eigenvalue weighted by Gasteiger charge is 2.24. The SMILES string of the molecule is CN(CCCc1ccccc1)C(=O)[C@H]1CCCN1. The molecule has 0 bridgehead atoms. The van der Waals surface area contributed by atoms with E-state index in [1.807, 2.05) is 18.0 Å². The quantitative estimate of drug-likeness (QED) is 0.859. The van der Waals surface area contributed by atoms with Crippen LogP contribution < -0.4 is 5.32 Å². The van der Waals surface area contributed by atoms with Crippen molar-refractivity contribution in [2.75, 3.05) is 20.1 Å². The zero-order valence-electron chi connectivity index (χ0n) is 11.1. The predicted molar refractivity (Wildman–Crippen MR) is 73.4 cm³/mol. The van der Waals surface area contributed by atoms with E-state index in [1.54, 1.807) is 0 Å². The van der Waals surface area contributed by atoms with Gasteiger partial charge in [0.25, 0.3) is 0 Å². The second kappa shape index (κ2) is 6.55. The van der Waals surface area contributed by atoms with Crippen LogP contribution in [-0.2, 0) is 11.2 Å². The molecule has 0 radical (unpaired) electrons. The van der Waals surface area contributed by atoms with Gasteiger partial charge in [-0.25, -0.2) is 0 Å². The van der Waals surface area contributed by atoms with Crippen LogP contribution in [0.1, 0.15) is 24.8 Å². The molecule has 1 aromatic carbocycles. The van der Waals surface area contributed by atoms with Crippen LogP contribution in [0.25, 0.3) is 0 Å². The molecule has 1 atom stereocenters. The van der Waals surface area contributed by atoms with Crippen LogP contribution in [0.4, 0.5) is 0 Å². The molecule has 0 aliphatic carbocycles. The number of hydrogen-bond donors (Lipinski definition) is 1. The average Bonchev–Trinajstić information content (AvgIpc) is 2.93. The fourth-order valence-electron chi connectivity index (χ4n) is 2.44. The number of carbonyl (C=O) groups excluding carboxylic acids is 1. The molecule has 0 saturated carbocycles. The lowest BCUT2D eigenvalue weighted by molar-refractivity contribution is -0.131. The number of nitrogens with one attached hydrogen (secondary N) is 1. The summed E-state index contributed by atoms with van der Waals surface area (Å²) >= 11 is 0. The normalized spacial score (nSPS) is 18.8. The minimum Gasteiger partial charge on any atom is -0.344 e. The van der Waals surface area contributed by atoms with Crippen molar-refractivity contribution in [3.05, 3.63) is 35.9 Å². The summed E-state index contributed by atoms with van der Waals surface area (Å²) in [5, 5.41) is 3.25. The Balaban J connectivity index is 1.71. The van der Waals surface area contributed by atoms with Crippen LogP contribution in [0.15, 0.2) is 30.3 Å². The van der Waals surface area contributed by atoms with Gasteiger partial charge in [-0.15, -0.1) is 0 Å². The number of aryl methyl sites for hydroxylation is 1. The minimum atomic E-state index is 0.0618. The molecule has 0 unspecified atom stereocenters. The van der Waals surface area contributed by atoms with Crippen LogP contribution in [-0.4, -0.2) is 37.0 Å². The van der Waals surface area contributed by atoms with Gasteiger partial charge < -0.3 is 10.2 Å². The molecule has 18 heavy (non-hydrogen) atoms. The van der Waals surface area contributed by atoms with Gasteiger partial charge in [0.15, 0.2) is 0 Å². The average molecular weight is 246 g/mol. The molecule has 1 aromatic rings. The third-order valence-electron chi connectivity index (χ3n) is 3.54. The highest BCUT2D eigenvalue weighted by atomic mass is 16.2. The zero-order valence-corrected chi connectivity index (χ0v) is 11.1. The summed E-state index contributed by atoms with van der Waals surface area (Å²) < 4.78 is 0. The van der Waals surface area contributed by atoms with Gasteiger partial charge in [-0.05, 0) is 37.8 Å². The van der Waals surface area contributed by atoms with Crippen LogP contribution in [0.3, 0.4) is 0 Å². The van der Waals surface area contributed by atoms with E-state index >= 15 is 0 Å². The molecule has 3 heteroatoms. The fraction of sp³-hybridized carbons (Fsp3) is 0.533. The number of carbonyl (C=O) groups is 1. The minimum absolute atomic E-state index is 0.0618. The molecule has 2 rings (SSSR count). The fourth-order valence-corrected chi connectivity index (χ4v) is 2.44. The molecule has 3 nitrogen and oxygen atoms in total. The number of amides is 1. The maximum Gasteiger partial charge on any atom is 0.239 e. The molecule has 0 aromatic heterocycles. The van der Waals surface area contributed by atoms with Gasteiger partial charge in [-0.1, -0.05) is 30.3 Å². The van der Waals surface area contributed by atoms with E-state index in [-0.39, 0.29) is 11.9 Å². The lowest BCUT2D eigenvalue weighted by Crippen LogP contribution is -2.42. The number of benzene rings is 1. The summed E-state index contributed by atoms with van der Waals surface area (Å²) in [4.78, 5) is 13.9. The van der Waals surface area contributed by atoms with E-state index < -0.39 is 0 Å². The van der Waals surface area contributed by atoms with Crippen LogP contribution in [0.2, 0.25) is 0 Å². The second-order valence-electron chi connectivity index (χ2n) is 5.00. The van der Waals surface area contributed by atoms with Gasteiger partial charge >= 0.3 is 0 Å². The Bertz CT molecular complexity index is 371. The van der Waals surface area contributed by atoms with Crippen LogP contribution >= 0.6 is 0 Å². The van der Waals surface area contributed by atoms with Gasteiger partial charge in [0.2, 0.25) is 5.91 Å². The summed E-state index contributed by atoms with van der Waals surface area (Å²) in [5.74, 6) is 0.251. The molecule has 1 saturated heterocycles. The van der Waals surface area contributed by atoms with Crippen molar-refractivity contribution < 1.29 is 4.79 Å². The first-order chi connectivity index (χ1) is 8.77. The topological polar surface area (TPSA) is 32.3 Å². The van der Waals surface area contributed by atoms with E-state index in [1.165, 1.54) is 5.56 Å². The van der Waals surface area contributed by atoms with Gasteiger partial charge in [-0.3, -0.25) is 4.79 Å². The van der Waals surface area contributed by atoms with Gasteiger partial charge in [0.1, 0.15) is 0 Å². The Morgan fingerprint density at radius 3 is 2.83 bits per heavy atom. The molecule has 1 heterocycles. The van der Waals surface area contributed by atoms with E-state index in [4.69, 9.17) is 0 Å². The highest BCUT2D eigenvalue weighted by Crippen LogP contribution is 2.09. The second-order valence-corrected chi connectivity index (χ2v) is 5.00. The summed E-state index contributed by atoms with van der Waals surface area (Å²) in [5.41, 5.74) is 1.34. The number of rotatable bonds is 5. The summed E-state index contributed by atoms with van der Waals surface area (Å²) in [6.45, 7) is 1.82. The van der Waals surface area contributed by atoms with Crippen molar-refractivity contribution in [3.63, 3.8) is 0 Å². The summed E-state index contributed by atoms with van der Waals surface area (Å²) in [7, 11) is 1.91. The molecule has 1 N–H and O–H groups in total. The predicted octanol–water partition coefficient (Wildman–Crippen LogP) is 1.83. The van der Waals surface area contributed by atoms with Crippen LogP contribution in [0.5, 0.6) is 0 Å². The monoisotopic (exact) mass is 246 g/mol. The van der Waals surface area contributed by atoms with Crippen LogP contribution in [0, 0.1) is 0 Å². The Hall–Kier alpha value is -1.35. The third kappa shape index (κ3) is 3.57. The first-order valence-corrected chi connectivity index (χ1v) is 6.79.